The molecule has 0 aliphatic carbocycles. The summed E-state index contributed by atoms with van der Waals surface area (Å²) in [5.74, 6) is -0.226. The average Bonchev–Trinajstić information content (AvgIpc) is 3.30. The van der Waals surface area contributed by atoms with Gasteiger partial charge in [0.25, 0.3) is 5.19 Å². The van der Waals surface area contributed by atoms with Crippen LogP contribution < -0.4 is 14.2 Å². The summed E-state index contributed by atoms with van der Waals surface area (Å²) in [4.78, 5) is 16.0. The highest BCUT2D eigenvalue weighted by atomic mass is 32.1. The van der Waals surface area contributed by atoms with Gasteiger partial charge in [-0.3, -0.25) is 0 Å². The molecular formula is C15H13N5O5S. The molecule has 0 atom stereocenters. The molecule has 0 bridgehead atoms. The van der Waals surface area contributed by atoms with E-state index in [9.17, 15) is 4.79 Å². The average molecular weight is 375 g/mol. The van der Waals surface area contributed by atoms with E-state index in [0.29, 0.717) is 38.6 Å². The number of ether oxygens (including phenoxy) is 3. The summed E-state index contributed by atoms with van der Waals surface area (Å²) in [7, 11) is 3.06. The Bertz CT molecular complexity index is 1080. The number of carbonyl (C=O) groups is 1. The number of imidazole rings is 1. The zero-order valence-electron chi connectivity index (χ0n) is 13.7. The van der Waals surface area contributed by atoms with Crippen molar-refractivity contribution >= 4 is 27.8 Å². The summed E-state index contributed by atoms with van der Waals surface area (Å²) in [5.41, 5.74) is 1.82. The first kappa shape index (κ1) is 16.1. The number of nitrogens with zero attached hydrogens (tertiary/aromatic N) is 5. The van der Waals surface area contributed by atoms with Crippen molar-refractivity contribution in [1.82, 2.24) is 24.2 Å². The third kappa shape index (κ3) is 2.77. The summed E-state index contributed by atoms with van der Waals surface area (Å²) in [6.45, 7) is -0.465. The first-order valence-corrected chi connectivity index (χ1v) is 8.21. The minimum absolute atomic E-state index is 0.353. The Morgan fingerprint density at radius 2 is 2.00 bits per heavy atom. The van der Waals surface area contributed by atoms with Gasteiger partial charge in [-0.2, -0.15) is 5.10 Å². The number of aromatic nitrogens is 5. The molecule has 0 fully saturated rings. The van der Waals surface area contributed by atoms with E-state index in [4.69, 9.17) is 19.3 Å². The van der Waals surface area contributed by atoms with Crippen molar-refractivity contribution in [3.05, 3.63) is 24.5 Å². The summed E-state index contributed by atoms with van der Waals surface area (Å²) in [6.07, 6.45) is 3.41. The number of pyridine rings is 1. The maximum absolute atomic E-state index is 10.8. The Kier molecular flexibility index (Phi) is 3.84. The van der Waals surface area contributed by atoms with E-state index in [0.717, 1.165) is 0 Å². The van der Waals surface area contributed by atoms with Gasteiger partial charge in [-0.05, 0) is 17.4 Å². The molecule has 1 N–H and O–H groups in total. The molecule has 0 aliphatic heterocycles. The quantitative estimate of drug-likeness (QED) is 0.541. The molecule has 26 heavy (non-hydrogen) atoms. The van der Waals surface area contributed by atoms with Gasteiger partial charge in [-0.25, -0.2) is 18.8 Å². The third-order valence-corrected chi connectivity index (χ3v) is 4.44. The van der Waals surface area contributed by atoms with E-state index in [-0.39, 0.29) is 0 Å². The van der Waals surface area contributed by atoms with Gasteiger partial charge >= 0.3 is 5.97 Å². The van der Waals surface area contributed by atoms with Crippen LogP contribution in [0.5, 0.6) is 16.7 Å². The van der Waals surface area contributed by atoms with Crippen LogP contribution >= 0.6 is 11.3 Å². The van der Waals surface area contributed by atoms with E-state index >= 15 is 0 Å². The molecule has 4 rings (SSSR count). The standard InChI is InChI=1S/C15H13N5O5S/c1-23-8-3-12(25-7-13(21)22)11-4-9(17-19(11)5-8)10-6-20-14(16-10)26-15(18-20)24-2/h3-6H,7H2,1-2H3,(H,21,22). The lowest BCUT2D eigenvalue weighted by molar-refractivity contribution is -0.139. The molecular weight excluding hydrogens is 362 g/mol. The number of carboxylic acid groups (broad SMARTS) is 1. The summed E-state index contributed by atoms with van der Waals surface area (Å²) < 4.78 is 18.8. The van der Waals surface area contributed by atoms with Crippen molar-refractivity contribution in [2.45, 2.75) is 0 Å². The minimum atomic E-state index is -1.07. The van der Waals surface area contributed by atoms with Crippen LogP contribution in [-0.4, -0.2) is 56.1 Å². The van der Waals surface area contributed by atoms with Crippen LogP contribution in [0.25, 0.3) is 21.9 Å². The summed E-state index contributed by atoms with van der Waals surface area (Å²) >= 11 is 1.31. The Morgan fingerprint density at radius 1 is 1.15 bits per heavy atom. The number of methoxy groups -OCH3 is 2. The largest absolute Gasteiger partial charge is 0.495 e. The topological polar surface area (TPSA) is 112 Å². The van der Waals surface area contributed by atoms with E-state index in [1.54, 1.807) is 40.7 Å². The number of rotatable bonds is 6. The first-order valence-electron chi connectivity index (χ1n) is 7.40. The molecule has 0 spiro atoms. The van der Waals surface area contributed by atoms with Crippen LogP contribution in [0.15, 0.2) is 24.5 Å². The second-order valence-electron chi connectivity index (χ2n) is 5.21. The molecule has 10 nitrogen and oxygen atoms in total. The van der Waals surface area contributed by atoms with Gasteiger partial charge in [0.15, 0.2) is 6.61 Å². The maximum Gasteiger partial charge on any atom is 0.341 e. The fourth-order valence-electron chi connectivity index (χ4n) is 2.42. The lowest BCUT2D eigenvalue weighted by Gasteiger charge is -2.07. The van der Waals surface area contributed by atoms with Gasteiger partial charge in [0, 0.05) is 6.07 Å². The third-order valence-electron chi connectivity index (χ3n) is 3.56. The Balaban J connectivity index is 1.78. The Hall–Kier alpha value is -3.34. The molecule has 0 aromatic carbocycles. The molecule has 0 aliphatic rings. The first-order chi connectivity index (χ1) is 12.6. The van der Waals surface area contributed by atoms with Gasteiger partial charge in [0.2, 0.25) is 4.96 Å². The molecule has 4 aromatic heterocycles. The van der Waals surface area contributed by atoms with Crippen LogP contribution in [0.2, 0.25) is 0 Å². The van der Waals surface area contributed by atoms with Crippen molar-refractivity contribution < 1.29 is 24.1 Å². The highest BCUT2D eigenvalue weighted by molar-refractivity contribution is 7.18. The Labute approximate surface area is 150 Å². The van der Waals surface area contributed by atoms with Gasteiger partial charge in [-0.15, -0.1) is 5.10 Å². The number of hydrogen-bond acceptors (Lipinski definition) is 8. The number of carboxylic acids is 1. The van der Waals surface area contributed by atoms with Crippen molar-refractivity contribution in [2.75, 3.05) is 20.8 Å². The second-order valence-corrected chi connectivity index (χ2v) is 6.13. The van der Waals surface area contributed by atoms with Gasteiger partial charge < -0.3 is 19.3 Å². The van der Waals surface area contributed by atoms with Crippen molar-refractivity contribution in [3.63, 3.8) is 0 Å². The number of aliphatic carboxylic acids is 1. The van der Waals surface area contributed by atoms with Gasteiger partial charge in [-0.1, -0.05) is 0 Å². The lowest BCUT2D eigenvalue weighted by atomic mass is 10.3. The summed E-state index contributed by atoms with van der Waals surface area (Å²) in [5, 5.41) is 18.1. The van der Waals surface area contributed by atoms with Gasteiger partial charge in [0.1, 0.15) is 28.4 Å². The number of hydrogen-bond donors (Lipinski definition) is 1. The fourth-order valence-corrected chi connectivity index (χ4v) is 3.12. The van der Waals surface area contributed by atoms with Crippen LogP contribution in [-0.2, 0) is 4.79 Å². The number of fused-ring (bicyclic) bond motifs is 2. The zero-order valence-corrected chi connectivity index (χ0v) is 14.6. The van der Waals surface area contributed by atoms with Crippen LogP contribution in [0.4, 0.5) is 0 Å². The van der Waals surface area contributed by atoms with E-state index in [1.807, 2.05) is 0 Å². The van der Waals surface area contributed by atoms with Crippen molar-refractivity contribution in [3.8, 4) is 28.1 Å². The second kappa shape index (κ2) is 6.19. The van der Waals surface area contributed by atoms with Crippen molar-refractivity contribution in [2.24, 2.45) is 0 Å². The van der Waals surface area contributed by atoms with Gasteiger partial charge in [0.05, 0.1) is 26.6 Å². The predicted molar refractivity (Wildman–Crippen MR) is 91.3 cm³/mol. The molecule has 0 unspecified atom stereocenters. The fraction of sp³-hybridized carbons (Fsp3) is 0.200. The Morgan fingerprint density at radius 3 is 2.69 bits per heavy atom. The molecule has 11 heteroatoms. The molecule has 4 aromatic rings. The van der Waals surface area contributed by atoms with E-state index in [1.165, 1.54) is 18.4 Å². The highest BCUT2D eigenvalue weighted by Gasteiger charge is 2.16. The van der Waals surface area contributed by atoms with Crippen LogP contribution in [0, 0.1) is 0 Å². The zero-order chi connectivity index (χ0) is 18.3. The molecule has 4 heterocycles. The predicted octanol–water partition coefficient (Wildman–Crippen LogP) is 1.59. The molecule has 0 saturated carbocycles. The van der Waals surface area contributed by atoms with E-state index in [2.05, 4.69) is 15.2 Å². The molecule has 134 valence electrons. The summed E-state index contributed by atoms with van der Waals surface area (Å²) in [6, 6.07) is 3.38. The van der Waals surface area contributed by atoms with Crippen LogP contribution in [0.3, 0.4) is 0 Å². The lowest BCUT2D eigenvalue weighted by Crippen LogP contribution is -2.10. The van der Waals surface area contributed by atoms with E-state index < -0.39 is 12.6 Å². The van der Waals surface area contributed by atoms with Crippen molar-refractivity contribution in [1.29, 1.82) is 0 Å². The van der Waals surface area contributed by atoms with Crippen LogP contribution in [0.1, 0.15) is 0 Å². The molecule has 0 amide bonds. The SMILES string of the molecule is COc1cc(OCC(=O)O)c2cc(-c3cn4nc(OC)sc4n3)nn2c1. The monoisotopic (exact) mass is 375 g/mol. The smallest absolute Gasteiger partial charge is 0.341 e. The maximum atomic E-state index is 10.8. The molecule has 0 radical (unpaired) electrons. The molecule has 0 saturated heterocycles. The normalized spacial score (nSPS) is 11.2. The highest BCUT2D eigenvalue weighted by Crippen LogP contribution is 2.30. The minimum Gasteiger partial charge on any atom is -0.495 e.